The van der Waals surface area contributed by atoms with Crippen molar-refractivity contribution in [3.8, 4) is 0 Å². The summed E-state index contributed by atoms with van der Waals surface area (Å²) in [6, 6.07) is 7.40. The van der Waals surface area contributed by atoms with E-state index in [9.17, 15) is 9.59 Å². The van der Waals surface area contributed by atoms with Crippen LogP contribution in [0.4, 0.5) is 5.69 Å². The zero-order valence-electron chi connectivity index (χ0n) is 7.49. The van der Waals surface area contributed by atoms with Crippen molar-refractivity contribution in [2.24, 2.45) is 11.7 Å². The Bertz CT molecular complexity index is 401. The van der Waals surface area contributed by atoms with Gasteiger partial charge in [-0.25, -0.2) is 0 Å². The Balaban J connectivity index is 2.36. The van der Waals surface area contributed by atoms with Crippen LogP contribution in [-0.2, 0) is 16.0 Å². The number of nitrogens with one attached hydrogen (secondary N) is 1. The molecule has 4 heteroatoms. The van der Waals surface area contributed by atoms with Crippen molar-refractivity contribution in [2.45, 2.75) is 6.42 Å². The van der Waals surface area contributed by atoms with Crippen LogP contribution in [0, 0.1) is 5.92 Å². The van der Waals surface area contributed by atoms with Gasteiger partial charge in [0.1, 0.15) is 5.92 Å². The second-order valence-electron chi connectivity index (χ2n) is 3.31. The zero-order valence-corrected chi connectivity index (χ0v) is 7.49. The number of fused-ring (bicyclic) bond motifs is 1. The summed E-state index contributed by atoms with van der Waals surface area (Å²) < 4.78 is 0. The molecule has 1 atom stereocenters. The second kappa shape index (κ2) is 3.14. The number of para-hydroxylation sites is 1. The molecule has 0 aromatic heterocycles. The van der Waals surface area contributed by atoms with Crippen molar-refractivity contribution >= 4 is 17.5 Å². The second-order valence-corrected chi connectivity index (χ2v) is 3.31. The van der Waals surface area contributed by atoms with E-state index < -0.39 is 11.8 Å². The topological polar surface area (TPSA) is 72.2 Å². The Kier molecular flexibility index (Phi) is 1.96. The highest BCUT2D eigenvalue weighted by atomic mass is 16.2. The van der Waals surface area contributed by atoms with Crippen molar-refractivity contribution in [1.82, 2.24) is 0 Å². The number of hydrogen-bond donors (Lipinski definition) is 2. The Morgan fingerprint density at radius 1 is 1.43 bits per heavy atom. The van der Waals surface area contributed by atoms with E-state index in [-0.39, 0.29) is 5.91 Å². The van der Waals surface area contributed by atoms with Gasteiger partial charge in [-0.05, 0) is 18.1 Å². The van der Waals surface area contributed by atoms with E-state index in [4.69, 9.17) is 5.73 Å². The monoisotopic (exact) mass is 190 g/mol. The van der Waals surface area contributed by atoms with Gasteiger partial charge in [0.2, 0.25) is 11.8 Å². The fourth-order valence-corrected chi connectivity index (χ4v) is 1.58. The maximum absolute atomic E-state index is 11.4. The quantitative estimate of drug-likeness (QED) is 0.624. The number of rotatable bonds is 1. The molecule has 14 heavy (non-hydrogen) atoms. The van der Waals surface area contributed by atoms with Crippen molar-refractivity contribution in [1.29, 1.82) is 0 Å². The lowest BCUT2D eigenvalue weighted by Gasteiger charge is -2.21. The van der Waals surface area contributed by atoms with Gasteiger partial charge in [0, 0.05) is 5.69 Å². The van der Waals surface area contributed by atoms with Gasteiger partial charge in [-0.3, -0.25) is 9.59 Å². The molecule has 1 heterocycles. The number of amides is 2. The highest BCUT2D eigenvalue weighted by molar-refractivity contribution is 6.08. The number of nitrogens with two attached hydrogens (primary N) is 1. The molecule has 0 bridgehead atoms. The number of primary amides is 1. The molecule has 2 amide bonds. The van der Waals surface area contributed by atoms with Gasteiger partial charge < -0.3 is 11.1 Å². The lowest BCUT2D eigenvalue weighted by molar-refractivity contribution is -0.130. The summed E-state index contributed by atoms with van der Waals surface area (Å²) in [5.74, 6) is -1.61. The maximum Gasteiger partial charge on any atom is 0.237 e. The molecule has 0 aliphatic carbocycles. The predicted octanol–water partition coefficient (Wildman–Crippen LogP) is 0.283. The predicted molar refractivity (Wildman–Crippen MR) is 51.5 cm³/mol. The molecule has 0 fully saturated rings. The van der Waals surface area contributed by atoms with Crippen molar-refractivity contribution < 1.29 is 9.59 Å². The van der Waals surface area contributed by atoms with Gasteiger partial charge in [-0.1, -0.05) is 18.2 Å². The molecule has 1 aliphatic heterocycles. The first-order valence-electron chi connectivity index (χ1n) is 4.36. The first kappa shape index (κ1) is 8.74. The Labute approximate surface area is 81.1 Å². The molecule has 0 spiro atoms. The Hall–Kier alpha value is -1.84. The SMILES string of the molecule is NC(=O)C1Cc2ccccc2NC1=O. The summed E-state index contributed by atoms with van der Waals surface area (Å²) in [6.07, 6.45) is 0.400. The third-order valence-electron chi connectivity index (χ3n) is 2.36. The standard InChI is InChI=1S/C10H10N2O2/c11-9(13)7-5-6-3-1-2-4-8(6)12-10(7)14/h1-4,7H,5H2,(H2,11,13)(H,12,14). The summed E-state index contributed by atoms with van der Waals surface area (Å²) in [6.45, 7) is 0. The van der Waals surface area contributed by atoms with Gasteiger partial charge in [0.15, 0.2) is 0 Å². The van der Waals surface area contributed by atoms with Gasteiger partial charge in [0.25, 0.3) is 0 Å². The molecule has 0 saturated carbocycles. The van der Waals surface area contributed by atoms with Crippen LogP contribution in [-0.4, -0.2) is 11.8 Å². The number of carbonyl (C=O) groups excluding carboxylic acids is 2. The molecule has 72 valence electrons. The fraction of sp³-hybridized carbons (Fsp3) is 0.200. The van der Waals surface area contributed by atoms with E-state index in [2.05, 4.69) is 5.32 Å². The minimum absolute atomic E-state index is 0.309. The summed E-state index contributed by atoms with van der Waals surface area (Å²) in [7, 11) is 0. The normalized spacial score (nSPS) is 19.7. The van der Waals surface area contributed by atoms with Crippen LogP contribution in [0.15, 0.2) is 24.3 Å². The van der Waals surface area contributed by atoms with E-state index in [0.29, 0.717) is 6.42 Å². The van der Waals surface area contributed by atoms with Crippen LogP contribution in [0.2, 0.25) is 0 Å². The van der Waals surface area contributed by atoms with Crippen LogP contribution in [0.1, 0.15) is 5.56 Å². The van der Waals surface area contributed by atoms with Gasteiger partial charge in [-0.2, -0.15) is 0 Å². The summed E-state index contributed by atoms with van der Waals surface area (Å²) in [5, 5.41) is 2.65. The minimum atomic E-state index is -0.732. The Morgan fingerprint density at radius 2 is 2.14 bits per heavy atom. The summed E-state index contributed by atoms with van der Waals surface area (Å²) in [4.78, 5) is 22.3. The van der Waals surface area contributed by atoms with E-state index in [0.717, 1.165) is 11.3 Å². The molecule has 1 aromatic rings. The van der Waals surface area contributed by atoms with E-state index in [1.54, 1.807) is 0 Å². The van der Waals surface area contributed by atoms with Crippen LogP contribution in [0.3, 0.4) is 0 Å². The van der Waals surface area contributed by atoms with Crippen molar-refractivity contribution in [3.63, 3.8) is 0 Å². The largest absolute Gasteiger partial charge is 0.369 e. The molecule has 1 unspecified atom stereocenters. The molecule has 4 nitrogen and oxygen atoms in total. The van der Waals surface area contributed by atoms with Crippen LogP contribution in [0.5, 0.6) is 0 Å². The average molecular weight is 190 g/mol. The third-order valence-corrected chi connectivity index (χ3v) is 2.36. The van der Waals surface area contributed by atoms with Crippen LogP contribution >= 0.6 is 0 Å². The smallest absolute Gasteiger partial charge is 0.237 e. The zero-order chi connectivity index (χ0) is 10.1. The van der Waals surface area contributed by atoms with Crippen LogP contribution < -0.4 is 11.1 Å². The van der Waals surface area contributed by atoms with Gasteiger partial charge in [-0.15, -0.1) is 0 Å². The number of carbonyl (C=O) groups is 2. The first-order valence-corrected chi connectivity index (χ1v) is 4.36. The minimum Gasteiger partial charge on any atom is -0.369 e. The molecule has 2 rings (SSSR count). The molecular formula is C10H10N2O2. The summed E-state index contributed by atoms with van der Waals surface area (Å²) >= 11 is 0. The lowest BCUT2D eigenvalue weighted by Crippen LogP contribution is -2.39. The van der Waals surface area contributed by atoms with E-state index in [1.807, 2.05) is 24.3 Å². The highest BCUT2D eigenvalue weighted by Crippen LogP contribution is 2.24. The number of hydrogen-bond acceptors (Lipinski definition) is 2. The van der Waals surface area contributed by atoms with Gasteiger partial charge >= 0.3 is 0 Å². The number of anilines is 1. The fourth-order valence-electron chi connectivity index (χ4n) is 1.58. The van der Waals surface area contributed by atoms with Crippen molar-refractivity contribution in [3.05, 3.63) is 29.8 Å². The first-order chi connectivity index (χ1) is 6.68. The third kappa shape index (κ3) is 1.35. The molecular weight excluding hydrogens is 180 g/mol. The highest BCUT2D eigenvalue weighted by Gasteiger charge is 2.29. The molecule has 0 radical (unpaired) electrons. The molecule has 1 aliphatic rings. The lowest BCUT2D eigenvalue weighted by atomic mass is 9.93. The average Bonchev–Trinajstić information content (AvgIpc) is 2.16. The van der Waals surface area contributed by atoms with Crippen LogP contribution in [0.25, 0.3) is 0 Å². The van der Waals surface area contributed by atoms with Crippen molar-refractivity contribution in [2.75, 3.05) is 5.32 Å². The number of benzene rings is 1. The maximum atomic E-state index is 11.4. The van der Waals surface area contributed by atoms with Gasteiger partial charge in [0.05, 0.1) is 0 Å². The Morgan fingerprint density at radius 3 is 2.86 bits per heavy atom. The molecule has 1 aromatic carbocycles. The molecule has 0 saturated heterocycles. The molecule has 3 N–H and O–H groups in total. The summed E-state index contributed by atoms with van der Waals surface area (Å²) in [5.41, 5.74) is 6.84. The van der Waals surface area contributed by atoms with E-state index >= 15 is 0 Å². The van der Waals surface area contributed by atoms with E-state index in [1.165, 1.54) is 0 Å².